The molecule has 28 heavy (non-hydrogen) atoms. The summed E-state index contributed by atoms with van der Waals surface area (Å²) in [5.41, 5.74) is 2.55. The molecule has 3 saturated heterocycles. The molecule has 3 heterocycles. The van der Waals surface area contributed by atoms with Gasteiger partial charge in [0.2, 0.25) is 0 Å². The van der Waals surface area contributed by atoms with Crippen LogP contribution in [0.15, 0.2) is 29.3 Å². The van der Waals surface area contributed by atoms with Gasteiger partial charge < -0.3 is 19.7 Å². The fraction of sp³-hybridized carbons (Fsp3) is 0.667. The van der Waals surface area contributed by atoms with E-state index in [4.69, 9.17) is 9.47 Å². The summed E-state index contributed by atoms with van der Waals surface area (Å²) in [4.78, 5) is 9.41. The van der Waals surface area contributed by atoms with Gasteiger partial charge in [-0.1, -0.05) is 24.3 Å². The Hall–Kier alpha value is -0.900. The Morgan fingerprint density at radius 2 is 2.07 bits per heavy atom. The molecule has 0 aromatic heterocycles. The lowest BCUT2D eigenvalue weighted by atomic mass is 10.0. The van der Waals surface area contributed by atoms with Gasteiger partial charge in [-0.25, -0.2) is 0 Å². The molecule has 3 aliphatic heterocycles. The van der Waals surface area contributed by atoms with E-state index in [9.17, 15) is 0 Å². The van der Waals surface area contributed by atoms with Crippen molar-refractivity contribution in [3.05, 3.63) is 35.4 Å². The molecular weight excluding hydrogens is 467 g/mol. The number of hydrogen-bond acceptors (Lipinski definition) is 4. The van der Waals surface area contributed by atoms with Crippen molar-refractivity contribution in [2.45, 2.75) is 38.0 Å². The van der Waals surface area contributed by atoms with Gasteiger partial charge in [0.05, 0.1) is 25.9 Å². The molecule has 3 atom stereocenters. The zero-order valence-electron chi connectivity index (χ0n) is 17.0. The summed E-state index contributed by atoms with van der Waals surface area (Å²) in [7, 11) is 1.86. The first-order valence-electron chi connectivity index (χ1n) is 10.2. The van der Waals surface area contributed by atoms with E-state index < -0.39 is 0 Å². The molecule has 0 bridgehead atoms. The van der Waals surface area contributed by atoms with E-state index in [-0.39, 0.29) is 36.2 Å². The van der Waals surface area contributed by atoms with Gasteiger partial charge in [0.25, 0.3) is 0 Å². The Kier molecular flexibility index (Phi) is 7.96. The molecule has 6 nitrogen and oxygen atoms in total. The van der Waals surface area contributed by atoms with Crippen LogP contribution in [0.3, 0.4) is 0 Å². The van der Waals surface area contributed by atoms with Crippen molar-refractivity contribution in [2.24, 2.45) is 4.99 Å². The van der Waals surface area contributed by atoms with E-state index in [1.807, 2.05) is 7.05 Å². The highest BCUT2D eigenvalue weighted by Crippen LogP contribution is 2.25. The van der Waals surface area contributed by atoms with Gasteiger partial charge in [-0.15, -0.1) is 24.0 Å². The summed E-state index contributed by atoms with van der Waals surface area (Å²) in [5, 5.41) is 3.54. The Balaban J connectivity index is 0.00000225. The molecule has 1 aromatic carbocycles. The highest BCUT2D eigenvalue weighted by Gasteiger charge is 2.32. The maximum atomic E-state index is 6.08. The Morgan fingerprint density at radius 1 is 1.21 bits per heavy atom. The summed E-state index contributed by atoms with van der Waals surface area (Å²) >= 11 is 0. The number of rotatable bonds is 3. The number of ether oxygens (including phenoxy) is 2. The van der Waals surface area contributed by atoms with Crippen molar-refractivity contribution in [1.82, 2.24) is 15.1 Å². The number of nitrogens with one attached hydrogen (secondary N) is 1. The van der Waals surface area contributed by atoms with Gasteiger partial charge in [-0.05, 0) is 37.4 Å². The summed E-state index contributed by atoms with van der Waals surface area (Å²) < 4.78 is 12.1. The molecule has 3 unspecified atom stereocenters. The second-order valence-electron chi connectivity index (χ2n) is 7.84. The highest BCUT2D eigenvalue weighted by molar-refractivity contribution is 14.0. The molecule has 4 rings (SSSR count). The second kappa shape index (κ2) is 10.2. The van der Waals surface area contributed by atoms with Crippen LogP contribution in [0.4, 0.5) is 0 Å². The van der Waals surface area contributed by atoms with Crippen LogP contribution < -0.4 is 5.32 Å². The highest BCUT2D eigenvalue weighted by atomic mass is 127. The number of guanidine groups is 1. The molecule has 0 spiro atoms. The van der Waals surface area contributed by atoms with Gasteiger partial charge >= 0.3 is 0 Å². The lowest BCUT2D eigenvalue weighted by molar-refractivity contribution is -0.0460. The fourth-order valence-electron chi connectivity index (χ4n) is 4.52. The van der Waals surface area contributed by atoms with Gasteiger partial charge in [0.15, 0.2) is 5.96 Å². The summed E-state index contributed by atoms with van der Waals surface area (Å²) in [5.74, 6) is 0.948. The van der Waals surface area contributed by atoms with Crippen molar-refractivity contribution in [2.75, 3.05) is 53.0 Å². The molecule has 0 saturated carbocycles. The van der Waals surface area contributed by atoms with E-state index >= 15 is 0 Å². The maximum Gasteiger partial charge on any atom is 0.193 e. The molecule has 3 fully saturated rings. The first kappa shape index (κ1) is 21.8. The molecule has 1 N–H and O–H groups in total. The van der Waals surface area contributed by atoms with Crippen LogP contribution in [0.2, 0.25) is 0 Å². The van der Waals surface area contributed by atoms with E-state index in [0.29, 0.717) is 6.04 Å². The van der Waals surface area contributed by atoms with Crippen molar-refractivity contribution in [1.29, 1.82) is 0 Å². The number of fused-ring (bicyclic) bond motifs is 1. The molecule has 156 valence electrons. The topological polar surface area (TPSA) is 49.3 Å². The second-order valence-corrected chi connectivity index (χ2v) is 7.84. The number of halogens is 1. The first-order chi connectivity index (χ1) is 13.2. The minimum atomic E-state index is 0. The van der Waals surface area contributed by atoms with E-state index in [1.165, 1.54) is 30.5 Å². The number of aliphatic imine (C=N–C) groups is 1. The summed E-state index contributed by atoms with van der Waals surface area (Å²) in [6, 6.07) is 9.13. The molecule has 1 aromatic rings. The average molecular weight is 500 g/mol. The maximum absolute atomic E-state index is 6.08. The number of benzene rings is 1. The van der Waals surface area contributed by atoms with Gasteiger partial charge in [-0.2, -0.15) is 0 Å². The largest absolute Gasteiger partial charge is 0.373 e. The number of hydrogen-bond donors (Lipinski definition) is 1. The van der Waals surface area contributed by atoms with E-state index in [2.05, 4.69) is 51.3 Å². The number of morpholine rings is 2. The van der Waals surface area contributed by atoms with Crippen molar-refractivity contribution in [3.63, 3.8) is 0 Å². The monoisotopic (exact) mass is 500 g/mol. The zero-order chi connectivity index (χ0) is 18.6. The normalized spacial score (nSPS) is 28.6. The minimum absolute atomic E-state index is 0. The molecule has 0 amide bonds. The Labute approximate surface area is 185 Å². The Bertz CT molecular complexity index is 672. The summed E-state index contributed by atoms with van der Waals surface area (Å²) in [6.45, 7) is 8.49. The van der Waals surface area contributed by atoms with Crippen LogP contribution in [-0.4, -0.2) is 80.9 Å². The van der Waals surface area contributed by atoms with E-state index in [0.717, 1.165) is 45.4 Å². The van der Waals surface area contributed by atoms with Crippen LogP contribution in [0, 0.1) is 6.92 Å². The van der Waals surface area contributed by atoms with Crippen molar-refractivity contribution >= 4 is 29.9 Å². The van der Waals surface area contributed by atoms with Crippen LogP contribution in [0.5, 0.6) is 0 Å². The van der Waals surface area contributed by atoms with Crippen molar-refractivity contribution in [3.8, 4) is 0 Å². The van der Waals surface area contributed by atoms with Crippen molar-refractivity contribution < 1.29 is 9.47 Å². The average Bonchev–Trinajstić information content (AvgIpc) is 3.17. The van der Waals surface area contributed by atoms with Gasteiger partial charge in [0.1, 0.15) is 6.10 Å². The zero-order valence-corrected chi connectivity index (χ0v) is 19.3. The third kappa shape index (κ3) is 4.98. The molecule has 7 heteroatoms. The third-order valence-electron chi connectivity index (χ3n) is 6.06. The van der Waals surface area contributed by atoms with Gasteiger partial charge in [-0.3, -0.25) is 9.89 Å². The molecule has 0 radical (unpaired) electrons. The fourth-order valence-corrected chi connectivity index (χ4v) is 4.52. The van der Waals surface area contributed by atoms with Gasteiger partial charge in [0, 0.05) is 32.7 Å². The smallest absolute Gasteiger partial charge is 0.193 e. The number of nitrogens with zero attached hydrogens (tertiary/aromatic N) is 3. The molecular formula is C21H33IN4O2. The number of aryl methyl sites for hydroxylation is 1. The molecule has 0 aliphatic carbocycles. The van der Waals surface area contributed by atoms with Crippen LogP contribution in [0.25, 0.3) is 0 Å². The molecule has 3 aliphatic rings. The predicted octanol–water partition coefficient (Wildman–Crippen LogP) is 2.42. The minimum Gasteiger partial charge on any atom is -0.373 e. The van der Waals surface area contributed by atoms with Crippen LogP contribution >= 0.6 is 24.0 Å². The predicted molar refractivity (Wildman–Crippen MR) is 123 cm³/mol. The Morgan fingerprint density at radius 3 is 2.89 bits per heavy atom. The van der Waals surface area contributed by atoms with Crippen LogP contribution in [-0.2, 0) is 9.47 Å². The van der Waals surface area contributed by atoms with E-state index in [1.54, 1.807) is 0 Å². The lowest BCUT2D eigenvalue weighted by Gasteiger charge is -2.38. The standard InChI is InChI=1S/C21H32N4O2.HI/c1-16-6-3-4-8-19(16)20-14-25(10-11-26-20)21(22-2)23-12-18-13-24-9-5-7-17(24)15-27-18;/h3-4,6,8,17-18,20H,5,7,9-15H2,1-2H3,(H,22,23);1H. The summed E-state index contributed by atoms with van der Waals surface area (Å²) in [6.07, 6.45) is 2.93. The third-order valence-corrected chi connectivity index (χ3v) is 6.06. The quantitative estimate of drug-likeness (QED) is 0.393. The van der Waals surface area contributed by atoms with Crippen LogP contribution in [0.1, 0.15) is 30.1 Å². The SMILES string of the molecule is CN=C(NCC1CN2CCCC2CO1)N1CCOC(c2ccccc2C)C1.I. The first-order valence-corrected chi connectivity index (χ1v) is 10.2. The lowest BCUT2D eigenvalue weighted by Crippen LogP contribution is -2.53.